The van der Waals surface area contributed by atoms with Gasteiger partial charge in [-0.15, -0.1) is 5.10 Å². The molecule has 21 heavy (non-hydrogen) atoms. The smallest absolute Gasteiger partial charge is 0.329 e. The summed E-state index contributed by atoms with van der Waals surface area (Å²) in [6, 6.07) is -0.651. The quantitative estimate of drug-likeness (QED) is 0.632. The fraction of sp³-hybridized carbons (Fsp3) is 0.769. The second kappa shape index (κ2) is 8.06. The van der Waals surface area contributed by atoms with Gasteiger partial charge < -0.3 is 14.6 Å². The van der Waals surface area contributed by atoms with Crippen LogP contribution < -0.4 is 5.32 Å². The topological polar surface area (TPSA) is 98.5 Å². The van der Waals surface area contributed by atoms with Crippen molar-refractivity contribution >= 4 is 5.97 Å². The number of aliphatic hydroxyl groups is 1. The monoisotopic (exact) mass is 298 g/mol. The Morgan fingerprint density at radius 1 is 1.71 bits per heavy atom. The van der Waals surface area contributed by atoms with Crippen LogP contribution in [0.3, 0.4) is 0 Å². The van der Waals surface area contributed by atoms with Crippen LogP contribution in [0.5, 0.6) is 0 Å². The van der Waals surface area contributed by atoms with Crippen molar-refractivity contribution in [1.82, 2.24) is 20.3 Å². The van der Waals surface area contributed by atoms with Gasteiger partial charge in [0, 0.05) is 26.3 Å². The first-order valence-electron chi connectivity index (χ1n) is 7.18. The molecule has 0 aromatic carbocycles. The van der Waals surface area contributed by atoms with E-state index >= 15 is 0 Å². The lowest BCUT2D eigenvalue weighted by atomic mass is 10.2. The minimum absolute atomic E-state index is 0.0902. The van der Waals surface area contributed by atoms with Crippen molar-refractivity contribution in [1.29, 1.82) is 0 Å². The van der Waals surface area contributed by atoms with Gasteiger partial charge in [0.25, 0.3) is 0 Å². The zero-order valence-electron chi connectivity index (χ0n) is 12.2. The van der Waals surface area contributed by atoms with E-state index in [0.717, 1.165) is 19.4 Å². The summed E-state index contributed by atoms with van der Waals surface area (Å²) in [4.78, 5) is 11.9. The third-order valence-corrected chi connectivity index (χ3v) is 3.41. The van der Waals surface area contributed by atoms with Gasteiger partial charge in [-0.1, -0.05) is 5.21 Å². The van der Waals surface area contributed by atoms with E-state index in [1.165, 1.54) is 7.11 Å². The van der Waals surface area contributed by atoms with E-state index in [0.29, 0.717) is 25.2 Å². The number of nitrogens with zero attached hydrogens (tertiary/aromatic N) is 3. The minimum Gasteiger partial charge on any atom is -0.468 e. The summed E-state index contributed by atoms with van der Waals surface area (Å²) in [6.45, 7) is 1.99. The maximum Gasteiger partial charge on any atom is 0.329 e. The van der Waals surface area contributed by atoms with Crippen molar-refractivity contribution in [2.24, 2.45) is 0 Å². The van der Waals surface area contributed by atoms with Crippen LogP contribution in [-0.4, -0.2) is 59.0 Å². The fourth-order valence-corrected chi connectivity index (χ4v) is 2.27. The highest BCUT2D eigenvalue weighted by Gasteiger charge is 2.26. The van der Waals surface area contributed by atoms with Gasteiger partial charge in [0.2, 0.25) is 0 Å². The number of rotatable bonds is 8. The van der Waals surface area contributed by atoms with Crippen molar-refractivity contribution in [2.75, 3.05) is 26.9 Å². The standard InChI is InChI=1S/C13H22N4O4/c1-20-13(19)12(14-8-10-4-2-7-21-10)11-9-17(16-15-11)5-3-6-18/h9-10,12,14,18H,2-8H2,1H3. The molecule has 8 heteroatoms. The molecule has 8 nitrogen and oxygen atoms in total. The van der Waals surface area contributed by atoms with Gasteiger partial charge >= 0.3 is 5.97 Å². The fourth-order valence-electron chi connectivity index (χ4n) is 2.27. The highest BCUT2D eigenvalue weighted by molar-refractivity contribution is 5.76. The van der Waals surface area contributed by atoms with Crippen molar-refractivity contribution in [3.05, 3.63) is 11.9 Å². The molecular formula is C13H22N4O4. The summed E-state index contributed by atoms with van der Waals surface area (Å²) >= 11 is 0. The largest absolute Gasteiger partial charge is 0.468 e. The molecule has 118 valence electrons. The molecule has 0 amide bonds. The minimum atomic E-state index is -0.651. The van der Waals surface area contributed by atoms with E-state index in [1.807, 2.05) is 0 Å². The highest BCUT2D eigenvalue weighted by Crippen LogP contribution is 2.15. The molecule has 0 aliphatic carbocycles. The molecule has 0 spiro atoms. The van der Waals surface area contributed by atoms with Crippen LogP contribution in [0, 0.1) is 0 Å². The molecule has 2 N–H and O–H groups in total. The molecule has 1 aromatic rings. The van der Waals surface area contributed by atoms with E-state index in [-0.39, 0.29) is 12.7 Å². The number of ether oxygens (including phenoxy) is 2. The van der Waals surface area contributed by atoms with Crippen LogP contribution in [0.1, 0.15) is 31.0 Å². The predicted molar refractivity (Wildman–Crippen MR) is 73.5 cm³/mol. The molecule has 1 aliphatic heterocycles. The molecule has 2 heterocycles. The normalized spacial score (nSPS) is 19.6. The molecule has 1 saturated heterocycles. The second-order valence-corrected chi connectivity index (χ2v) is 4.98. The summed E-state index contributed by atoms with van der Waals surface area (Å²) in [5.41, 5.74) is 0.512. The van der Waals surface area contributed by atoms with E-state index < -0.39 is 12.0 Å². The van der Waals surface area contributed by atoms with E-state index in [2.05, 4.69) is 15.6 Å². The lowest BCUT2D eigenvalue weighted by Crippen LogP contribution is -2.35. The number of carbonyl (C=O) groups excluding carboxylic acids is 1. The van der Waals surface area contributed by atoms with Crippen LogP contribution in [-0.2, 0) is 20.8 Å². The number of hydrogen-bond donors (Lipinski definition) is 2. The zero-order chi connectivity index (χ0) is 15.1. The number of carbonyl (C=O) groups is 1. The first-order valence-corrected chi connectivity index (χ1v) is 7.18. The molecule has 0 saturated carbocycles. The molecule has 2 atom stereocenters. The van der Waals surface area contributed by atoms with Crippen LogP contribution in [0.15, 0.2) is 6.20 Å². The number of nitrogens with one attached hydrogen (secondary N) is 1. The van der Waals surface area contributed by atoms with Crippen LogP contribution in [0.4, 0.5) is 0 Å². The third kappa shape index (κ3) is 4.48. The summed E-state index contributed by atoms with van der Waals surface area (Å²) in [7, 11) is 1.35. The van der Waals surface area contributed by atoms with Gasteiger partial charge in [-0.05, 0) is 19.3 Å². The zero-order valence-corrected chi connectivity index (χ0v) is 12.2. The molecule has 2 rings (SSSR count). The number of aromatic nitrogens is 3. The number of aliphatic hydroxyl groups excluding tert-OH is 1. The Hall–Kier alpha value is -1.51. The summed E-state index contributed by atoms with van der Waals surface area (Å²) < 4.78 is 11.9. The lowest BCUT2D eigenvalue weighted by Gasteiger charge is -2.16. The number of methoxy groups -OCH3 is 1. The van der Waals surface area contributed by atoms with Gasteiger partial charge in [-0.3, -0.25) is 10.00 Å². The van der Waals surface area contributed by atoms with Gasteiger partial charge in [0.15, 0.2) is 6.04 Å². The SMILES string of the molecule is COC(=O)C(NCC1CCCO1)c1cn(CCCO)nn1. The second-order valence-electron chi connectivity index (χ2n) is 4.98. The molecule has 1 fully saturated rings. The Morgan fingerprint density at radius 3 is 3.24 bits per heavy atom. The van der Waals surface area contributed by atoms with Gasteiger partial charge in [-0.25, -0.2) is 4.79 Å². The molecule has 0 bridgehead atoms. The Balaban J connectivity index is 1.97. The van der Waals surface area contributed by atoms with Crippen molar-refractivity contribution < 1.29 is 19.4 Å². The molecular weight excluding hydrogens is 276 g/mol. The number of aryl methyl sites for hydroxylation is 1. The van der Waals surface area contributed by atoms with Gasteiger partial charge in [0.05, 0.1) is 19.4 Å². The average Bonchev–Trinajstić information content (AvgIpc) is 3.16. The molecule has 0 radical (unpaired) electrons. The van der Waals surface area contributed by atoms with Crippen LogP contribution >= 0.6 is 0 Å². The van der Waals surface area contributed by atoms with Gasteiger partial charge in [-0.2, -0.15) is 0 Å². The molecule has 1 aromatic heterocycles. The van der Waals surface area contributed by atoms with Crippen LogP contribution in [0.2, 0.25) is 0 Å². The number of esters is 1. The van der Waals surface area contributed by atoms with Crippen LogP contribution in [0.25, 0.3) is 0 Å². The predicted octanol–water partition coefficient (Wildman–Crippen LogP) is -0.357. The van der Waals surface area contributed by atoms with Crippen molar-refractivity contribution in [3.63, 3.8) is 0 Å². The van der Waals surface area contributed by atoms with Crippen molar-refractivity contribution in [2.45, 2.75) is 38.0 Å². The Kier molecular flexibility index (Phi) is 6.09. The first kappa shape index (κ1) is 15.9. The molecule has 1 aliphatic rings. The molecule has 2 unspecified atom stereocenters. The van der Waals surface area contributed by atoms with E-state index in [4.69, 9.17) is 14.6 Å². The summed E-state index contributed by atoms with van der Waals surface area (Å²) in [6.07, 6.45) is 4.45. The summed E-state index contributed by atoms with van der Waals surface area (Å²) in [5, 5.41) is 19.9. The number of hydrogen-bond acceptors (Lipinski definition) is 7. The maximum atomic E-state index is 11.9. The lowest BCUT2D eigenvalue weighted by molar-refractivity contribution is -0.143. The third-order valence-electron chi connectivity index (χ3n) is 3.41. The van der Waals surface area contributed by atoms with Crippen molar-refractivity contribution in [3.8, 4) is 0 Å². The summed E-state index contributed by atoms with van der Waals surface area (Å²) in [5.74, 6) is -0.401. The highest BCUT2D eigenvalue weighted by atomic mass is 16.5. The Morgan fingerprint density at radius 2 is 2.57 bits per heavy atom. The first-order chi connectivity index (χ1) is 10.2. The maximum absolute atomic E-state index is 11.9. The van der Waals surface area contributed by atoms with E-state index in [1.54, 1.807) is 10.9 Å². The Bertz CT molecular complexity index is 445. The van der Waals surface area contributed by atoms with E-state index in [9.17, 15) is 4.79 Å². The Labute approximate surface area is 123 Å². The van der Waals surface area contributed by atoms with Gasteiger partial charge in [0.1, 0.15) is 5.69 Å². The average molecular weight is 298 g/mol.